The van der Waals surface area contributed by atoms with E-state index in [2.05, 4.69) is 65.3 Å². The van der Waals surface area contributed by atoms with Crippen LogP contribution in [0.2, 0.25) is 0 Å². The summed E-state index contributed by atoms with van der Waals surface area (Å²) >= 11 is 0. The second-order valence-corrected chi connectivity index (χ2v) is 6.91. The lowest BCUT2D eigenvalue weighted by Crippen LogP contribution is -2.44. The Bertz CT molecular complexity index is 635. The third kappa shape index (κ3) is 5.07. The van der Waals surface area contributed by atoms with E-state index in [9.17, 15) is 0 Å². The summed E-state index contributed by atoms with van der Waals surface area (Å²) in [6, 6.07) is 20.0. The number of hydrogen-bond acceptors (Lipinski definition) is 3. The van der Waals surface area contributed by atoms with E-state index in [0.29, 0.717) is 6.04 Å². The number of ether oxygens (including phenoxy) is 1. The van der Waals surface area contributed by atoms with Gasteiger partial charge in [-0.15, -0.1) is 0 Å². The maximum Gasteiger partial charge on any atom is 0.119 e. The van der Waals surface area contributed by atoms with Crippen molar-refractivity contribution >= 4 is 0 Å². The molecule has 2 aromatic rings. The first-order valence-corrected chi connectivity index (χ1v) is 9.41. The number of rotatable bonds is 7. The highest BCUT2D eigenvalue weighted by Gasteiger charge is 2.23. The smallest absolute Gasteiger partial charge is 0.119 e. The minimum Gasteiger partial charge on any atom is -0.497 e. The van der Waals surface area contributed by atoms with Crippen molar-refractivity contribution in [3.05, 3.63) is 65.7 Å². The van der Waals surface area contributed by atoms with Gasteiger partial charge in [0.1, 0.15) is 5.75 Å². The molecule has 0 aromatic heterocycles. The molecule has 0 radical (unpaired) electrons. The van der Waals surface area contributed by atoms with E-state index in [1.54, 1.807) is 7.11 Å². The molecule has 0 atom stereocenters. The third-order valence-electron chi connectivity index (χ3n) is 5.25. The van der Waals surface area contributed by atoms with E-state index in [0.717, 1.165) is 25.4 Å². The fourth-order valence-electron chi connectivity index (χ4n) is 3.79. The van der Waals surface area contributed by atoms with Crippen LogP contribution in [-0.4, -0.2) is 42.6 Å². The van der Waals surface area contributed by atoms with Crippen LogP contribution in [0.25, 0.3) is 0 Å². The van der Waals surface area contributed by atoms with Crippen LogP contribution in [0.15, 0.2) is 54.6 Å². The van der Waals surface area contributed by atoms with Crippen LogP contribution in [0.3, 0.4) is 0 Å². The zero-order chi connectivity index (χ0) is 17.5. The summed E-state index contributed by atoms with van der Waals surface area (Å²) in [5.74, 6) is 0.951. The molecule has 0 amide bonds. The Labute approximate surface area is 152 Å². The number of nitrogens with zero attached hydrogens (tertiary/aromatic N) is 2. The first-order valence-electron chi connectivity index (χ1n) is 9.41. The summed E-state index contributed by atoms with van der Waals surface area (Å²) in [4.78, 5) is 5.21. The van der Waals surface area contributed by atoms with Gasteiger partial charge in [0.2, 0.25) is 0 Å². The maximum absolute atomic E-state index is 5.34. The van der Waals surface area contributed by atoms with E-state index in [4.69, 9.17) is 4.74 Å². The van der Waals surface area contributed by atoms with E-state index >= 15 is 0 Å². The van der Waals surface area contributed by atoms with Crippen LogP contribution in [0.1, 0.15) is 30.9 Å². The fourth-order valence-corrected chi connectivity index (χ4v) is 3.79. The molecule has 1 heterocycles. The summed E-state index contributed by atoms with van der Waals surface area (Å²) < 4.78 is 5.34. The molecule has 3 rings (SSSR count). The van der Waals surface area contributed by atoms with Crippen molar-refractivity contribution in [2.75, 3.05) is 26.7 Å². The third-order valence-corrected chi connectivity index (χ3v) is 5.25. The molecule has 1 aliphatic heterocycles. The van der Waals surface area contributed by atoms with E-state index in [1.807, 2.05) is 6.07 Å². The minimum absolute atomic E-state index is 0.701. The average molecular weight is 338 g/mol. The summed E-state index contributed by atoms with van der Waals surface area (Å²) in [6.45, 7) is 7.84. The molecular weight excluding hydrogens is 308 g/mol. The van der Waals surface area contributed by atoms with Crippen LogP contribution < -0.4 is 4.74 Å². The van der Waals surface area contributed by atoms with E-state index in [1.165, 1.54) is 37.1 Å². The van der Waals surface area contributed by atoms with E-state index < -0.39 is 0 Å². The molecule has 2 aromatic carbocycles. The molecule has 1 saturated heterocycles. The lowest BCUT2D eigenvalue weighted by atomic mass is 10.0. The molecule has 0 saturated carbocycles. The van der Waals surface area contributed by atoms with Crippen molar-refractivity contribution in [1.29, 1.82) is 0 Å². The quantitative estimate of drug-likeness (QED) is 0.753. The van der Waals surface area contributed by atoms with Gasteiger partial charge in [0.15, 0.2) is 0 Å². The molecule has 0 spiro atoms. The Morgan fingerprint density at radius 2 is 1.72 bits per heavy atom. The van der Waals surface area contributed by atoms with Gasteiger partial charge in [0.25, 0.3) is 0 Å². The van der Waals surface area contributed by atoms with Crippen LogP contribution in [0.5, 0.6) is 5.75 Å². The molecule has 25 heavy (non-hydrogen) atoms. The molecule has 3 heteroatoms. The van der Waals surface area contributed by atoms with Crippen LogP contribution >= 0.6 is 0 Å². The Hall–Kier alpha value is -1.84. The van der Waals surface area contributed by atoms with Crippen molar-refractivity contribution in [3.63, 3.8) is 0 Å². The lowest BCUT2D eigenvalue weighted by molar-refractivity contribution is 0.103. The van der Waals surface area contributed by atoms with Gasteiger partial charge in [-0.2, -0.15) is 0 Å². The summed E-state index contributed by atoms with van der Waals surface area (Å²) in [5, 5.41) is 0. The van der Waals surface area contributed by atoms with Gasteiger partial charge < -0.3 is 4.74 Å². The molecule has 0 unspecified atom stereocenters. The number of methoxy groups -OCH3 is 1. The molecule has 0 bridgehead atoms. The Morgan fingerprint density at radius 3 is 2.40 bits per heavy atom. The number of benzene rings is 2. The zero-order valence-electron chi connectivity index (χ0n) is 15.5. The number of hydrogen-bond donors (Lipinski definition) is 0. The molecule has 0 aliphatic carbocycles. The maximum atomic E-state index is 5.34. The van der Waals surface area contributed by atoms with Crippen molar-refractivity contribution in [3.8, 4) is 5.75 Å². The normalized spacial score (nSPS) is 16.3. The number of likely N-dealkylation sites (tertiary alicyclic amines) is 1. The summed E-state index contributed by atoms with van der Waals surface area (Å²) in [5.41, 5.74) is 2.76. The predicted molar refractivity (Wildman–Crippen MR) is 104 cm³/mol. The Kier molecular flexibility index (Phi) is 6.48. The van der Waals surface area contributed by atoms with Gasteiger partial charge in [-0.1, -0.05) is 49.4 Å². The highest BCUT2D eigenvalue weighted by Crippen LogP contribution is 2.21. The topological polar surface area (TPSA) is 15.7 Å². The SMILES string of the molecule is CCN(Cc1ccccc1)C1CCN(Cc2cccc(OC)c2)CC1. The first-order chi connectivity index (χ1) is 12.3. The van der Waals surface area contributed by atoms with Gasteiger partial charge in [0, 0.05) is 19.1 Å². The number of piperidine rings is 1. The van der Waals surface area contributed by atoms with Crippen molar-refractivity contribution in [2.24, 2.45) is 0 Å². The predicted octanol–water partition coefficient (Wildman–Crippen LogP) is 4.18. The second kappa shape index (κ2) is 9.02. The van der Waals surface area contributed by atoms with Crippen LogP contribution in [0.4, 0.5) is 0 Å². The van der Waals surface area contributed by atoms with Crippen molar-refractivity contribution < 1.29 is 4.74 Å². The Morgan fingerprint density at radius 1 is 1.00 bits per heavy atom. The van der Waals surface area contributed by atoms with Crippen molar-refractivity contribution in [1.82, 2.24) is 9.80 Å². The fraction of sp³-hybridized carbons (Fsp3) is 0.455. The average Bonchev–Trinajstić information content (AvgIpc) is 2.68. The van der Waals surface area contributed by atoms with Gasteiger partial charge in [0.05, 0.1) is 7.11 Å². The molecular formula is C22H30N2O. The highest BCUT2D eigenvalue weighted by atomic mass is 16.5. The summed E-state index contributed by atoms with van der Waals surface area (Å²) in [7, 11) is 1.73. The largest absolute Gasteiger partial charge is 0.497 e. The molecule has 1 fully saturated rings. The first kappa shape index (κ1) is 18.0. The van der Waals surface area contributed by atoms with E-state index in [-0.39, 0.29) is 0 Å². The van der Waals surface area contributed by atoms with Gasteiger partial charge in [-0.3, -0.25) is 9.80 Å². The Balaban J connectivity index is 1.51. The highest BCUT2D eigenvalue weighted by molar-refractivity contribution is 5.28. The lowest BCUT2D eigenvalue weighted by Gasteiger charge is -2.38. The molecule has 3 nitrogen and oxygen atoms in total. The second-order valence-electron chi connectivity index (χ2n) is 6.91. The van der Waals surface area contributed by atoms with Crippen molar-refractivity contribution in [2.45, 2.75) is 38.9 Å². The van der Waals surface area contributed by atoms with Gasteiger partial charge >= 0.3 is 0 Å². The molecule has 134 valence electrons. The van der Waals surface area contributed by atoms with Gasteiger partial charge in [-0.05, 0) is 55.7 Å². The standard InChI is InChI=1S/C22H30N2O/c1-3-24(18-19-8-5-4-6-9-19)21-12-14-23(15-13-21)17-20-10-7-11-22(16-20)25-2/h4-11,16,21H,3,12-15,17-18H2,1-2H3. The van der Waals surface area contributed by atoms with Crippen LogP contribution in [0, 0.1) is 0 Å². The zero-order valence-corrected chi connectivity index (χ0v) is 15.5. The minimum atomic E-state index is 0.701. The van der Waals surface area contributed by atoms with Gasteiger partial charge in [-0.25, -0.2) is 0 Å². The van der Waals surface area contributed by atoms with Crippen LogP contribution in [-0.2, 0) is 13.1 Å². The molecule has 1 aliphatic rings. The molecule has 0 N–H and O–H groups in total. The monoisotopic (exact) mass is 338 g/mol. The summed E-state index contributed by atoms with van der Waals surface area (Å²) in [6.07, 6.45) is 2.51.